The van der Waals surface area contributed by atoms with Crippen LogP contribution in [0.2, 0.25) is 0 Å². The SMILES string of the molecule is CC1C=C(CN)N(C)O1. The van der Waals surface area contributed by atoms with Gasteiger partial charge < -0.3 is 5.73 Å². The molecule has 1 unspecified atom stereocenters. The first-order valence-corrected chi connectivity index (χ1v) is 3.05. The molecule has 0 aliphatic carbocycles. The summed E-state index contributed by atoms with van der Waals surface area (Å²) < 4.78 is 0. The third-order valence-electron chi connectivity index (χ3n) is 1.37. The van der Waals surface area contributed by atoms with E-state index in [1.165, 1.54) is 0 Å². The zero-order valence-corrected chi connectivity index (χ0v) is 5.79. The highest BCUT2D eigenvalue weighted by atomic mass is 16.7. The van der Waals surface area contributed by atoms with Gasteiger partial charge in [-0.2, -0.15) is 0 Å². The molecule has 1 atom stereocenters. The molecule has 0 saturated carbocycles. The molecule has 1 heterocycles. The van der Waals surface area contributed by atoms with Crippen molar-refractivity contribution in [2.24, 2.45) is 5.73 Å². The molecule has 3 heteroatoms. The highest BCUT2D eigenvalue weighted by Crippen LogP contribution is 2.13. The van der Waals surface area contributed by atoms with Crippen molar-refractivity contribution in [2.75, 3.05) is 13.6 Å². The van der Waals surface area contributed by atoms with Crippen molar-refractivity contribution < 1.29 is 4.84 Å². The summed E-state index contributed by atoms with van der Waals surface area (Å²) in [6.07, 6.45) is 2.20. The molecule has 3 nitrogen and oxygen atoms in total. The second-order valence-electron chi connectivity index (χ2n) is 2.17. The summed E-state index contributed by atoms with van der Waals surface area (Å²) in [6, 6.07) is 0. The minimum atomic E-state index is 0.188. The van der Waals surface area contributed by atoms with E-state index in [-0.39, 0.29) is 6.10 Å². The van der Waals surface area contributed by atoms with E-state index in [2.05, 4.69) is 0 Å². The van der Waals surface area contributed by atoms with Crippen molar-refractivity contribution in [3.8, 4) is 0 Å². The van der Waals surface area contributed by atoms with E-state index in [1.54, 1.807) is 5.06 Å². The molecule has 0 amide bonds. The van der Waals surface area contributed by atoms with Crippen LogP contribution in [0.1, 0.15) is 6.92 Å². The minimum Gasteiger partial charge on any atom is -0.325 e. The molecule has 1 aliphatic rings. The van der Waals surface area contributed by atoms with Gasteiger partial charge in [-0.15, -0.1) is 0 Å². The van der Waals surface area contributed by atoms with Crippen LogP contribution in [0.5, 0.6) is 0 Å². The van der Waals surface area contributed by atoms with E-state index in [1.807, 2.05) is 20.0 Å². The lowest BCUT2D eigenvalue weighted by Crippen LogP contribution is -2.19. The van der Waals surface area contributed by atoms with Crippen molar-refractivity contribution in [2.45, 2.75) is 13.0 Å². The predicted molar refractivity (Wildman–Crippen MR) is 35.4 cm³/mol. The van der Waals surface area contributed by atoms with Gasteiger partial charge in [-0.1, -0.05) is 0 Å². The molecular formula is C6H12N2O. The zero-order valence-electron chi connectivity index (χ0n) is 5.79. The molecule has 0 saturated heterocycles. The van der Waals surface area contributed by atoms with Crippen molar-refractivity contribution in [1.29, 1.82) is 0 Å². The molecule has 0 aromatic rings. The Morgan fingerprint density at radius 3 is 2.78 bits per heavy atom. The summed E-state index contributed by atoms with van der Waals surface area (Å²) in [5.41, 5.74) is 6.45. The molecule has 0 spiro atoms. The highest BCUT2D eigenvalue weighted by Gasteiger charge is 2.15. The van der Waals surface area contributed by atoms with E-state index >= 15 is 0 Å². The summed E-state index contributed by atoms with van der Waals surface area (Å²) in [6.45, 7) is 2.54. The number of hydroxylamine groups is 2. The summed E-state index contributed by atoms with van der Waals surface area (Å²) in [5.74, 6) is 0. The third-order valence-corrected chi connectivity index (χ3v) is 1.37. The van der Waals surface area contributed by atoms with E-state index in [0.29, 0.717) is 6.54 Å². The van der Waals surface area contributed by atoms with Crippen LogP contribution < -0.4 is 5.73 Å². The number of nitrogens with zero attached hydrogens (tertiary/aromatic N) is 1. The van der Waals surface area contributed by atoms with E-state index in [4.69, 9.17) is 10.6 Å². The molecule has 0 fully saturated rings. The zero-order chi connectivity index (χ0) is 6.85. The van der Waals surface area contributed by atoms with Gasteiger partial charge in [-0.3, -0.25) is 9.90 Å². The van der Waals surface area contributed by atoms with Crippen LogP contribution in [0.4, 0.5) is 0 Å². The molecule has 1 rings (SSSR count). The summed E-state index contributed by atoms with van der Waals surface area (Å²) >= 11 is 0. The van der Waals surface area contributed by atoms with Crippen LogP contribution in [-0.4, -0.2) is 24.8 Å². The van der Waals surface area contributed by atoms with Crippen LogP contribution in [0.15, 0.2) is 11.8 Å². The normalized spacial score (nSPS) is 26.8. The van der Waals surface area contributed by atoms with Crippen molar-refractivity contribution >= 4 is 0 Å². The molecule has 1 aliphatic heterocycles. The summed E-state index contributed by atoms with van der Waals surface area (Å²) in [7, 11) is 1.86. The maximum atomic E-state index is 5.40. The predicted octanol–water partition coefficient (Wildman–Crippen LogP) is 0.0945. The number of rotatable bonds is 1. The lowest BCUT2D eigenvalue weighted by molar-refractivity contribution is -0.112. The topological polar surface area (TPSA) is 38.5 Å². The first-order chi connectivity index (χ1) is 4.24. The number of hydrogen-bond donors (Lipinski definition) is 1. The smallest absolute Gasteiger partial charge is 0.103 e. The third kappa shape index (κ3) is 1.23. The van der Waals surface area contributed by atoms with E-state index in [0.717, 1.165) is 5.70 Å². The number of likely N-dealkylation sites (N-methyl/N-ethyl adjacent to an activating group) is 1. The Morgan fingerprint density at radius 2 is 2.56 bits per heavy atom. The van der Waals surface area contributed by atoms with E-state index < -0.39 is 0 Å². The van der Waals surface area contributed by atoms with Crippen molar-refractivity contribution in [3.05, 3.63) is 11.8 Å². The summed E-state index contributed by atoms with van der Waals surface area (Å²) in [4.78, 5) is 5.23. The average Bonchev–Trinajstić information content (AvgIpc) is 2.10. The lowest BCUT2D eigenvalue weighted by Gasteiger charge is -2.13. The maximum Gasteiger partial charge on any atom is 0.103 e. The lowest BCUT2D eigenvalue weighted by atomic mass is 10.3. The van der Waals surface area contributed by atoms with E-state index in [9.17, 15) is 0 Å². The van der Waals surface area contributed by atoms with Gasteiger partial charge in [-0.25, -0.2) is 0 Å². The molecular weight excluding hydrogens is 116 g/mol. The fourth-order valence-corrected chi connectivity index (χ4v) is 0.920. The van der Waals surface area contributed by atoms with Gasteiger partial charge in [-0.05, 0) is 13.0 Å². The van der Waals surface area contributed by atoms with Crippen LogP contribution in [0.3, 0.4) is 0 Å². The first kappa shape index (κ1) is 6.58. The Bertz CT molecular complexity index is 133. The molecule has 0 bridgehead atoms. The average molecular weight is 128 g/mol. The fraction of sp³-hybridized carbons (Fsp3) is 0.667. The largest absolute Gasteiger partial charge is 0.325 e. The Morgan fingerprint density at radius 1 is 1.89 bits per heavy atom. The number of nitrogens with two attached hydrogens (primary N) is 1. The summed E-state index contributed by atoms with van der Waals surface area (Å²) in [5, 5.41) is 1.71. The minimum absolute atomic E-state index is 0.188. The van der Waals surface area contributed by atoms with Crippen LogP contribution in [0.25, 0.3) is 0 Å². The number of hydrogen-bond acceptors (Lipinski definition) is 3. The van der Waals surface area contributed by atoms with Gasteiger partial charge in [0.2, 0.25) is 0 Å². The van der Waals surface area contributed by atoms with Crippen LogP contribution >= 0.6 is 0 Å². The monoisotopic (exact) mass is 128 g/mol. The molecule has 52 valence electrons. The van der Waals surface area contributed by atoms with Gasteiger partial charge >= 0.3 is 0 Å². The standard InChI is InChI=1S/C6H12N2O/c1-5-3-6(4-7)8(2)9-5/h3,5H,4,7H2,1-2H3. The van der Waals surface area contributed by atoms with Gasteiger partial charge in [0, 0.05) is 13.6 Å². The van der Waals surface area contributed by atoms with Gasteiger partial charge in [0.25, 0.3) is 0 Å². The molecule has 0 aromatic heterocycles. The van der Waals surface area contributed by atoms with Crippen molar-refractivity contribution in [1.82, 2.24) is 5.06 Å². The quantitative estimate of drug-likeness (QED) is 0.544. The molecule has 2 N–H and O–H groups in total. The van der Waals surface area contributed by atoms with Gasteiger partial charge in [0.05, 0.1) is 5.70 Å². The second kappa shape index (κ2) is 2.37. The second-order valence-corrected chi connectivity index (χ2v) is 2.17. The Hall–Kier alpha value is -0.540. The van der Waals surface area contributed by atoms with Gasteiger partial charge in [0.15, 0.2) is 0 Å². The Balaban J connectivity index is 2.57. The van der Waals surface area contributed by atoms with Gasteiger partial charge in [0.1, 0.15) is 6.10 Å². The Labute approximate surface area is 55.0 Å². The van der Waals surface area contributed by atoms with Crippen LogP contribution in [-0.2, 0) is 4.84 Å². The molecule has 9 heavy (non-hydrogen) atoms. The Kier molecular flexibility index (Phi) is 1.73. The first-order valence-electron chi connectivity index (χ1n) is 3.05. The molecule has 0 radical (unpaired) electrons. The maximum absolute atomic E-state index is 5.40. The van der Waals surface area contributed by atoms with Crippen molar-refractivity contribution in [3.63, 3.8) is 0 Å². The fourth-order valence-electron chi connectivity index (χ4n) is 0.920. The highest BCUT2D eigenvalue weighted by molar-refractivity contribution is 5.06. The molecule has 0 aromatic carbocycles. The van der Waals surface area contributed by atoms with Crippen LogP contribution in [0, 0.1) is 0 Å².